The van der Waals surface area contributed by atoms with Crippen LogP contribution in [0.3, 0.4) is 0 Å². The van der Waals surface area contributed by atoms with Crippen LogP contribution in [0.25, 0.3) is 0 Å². The average molecular weight is 258 g/mol. The largest absolute Gasteiger partial charge is 0.390 e. The number of nitro groups is 1. The van der Waals surface area contributed by atoms with E-state index in [1.807, 2.05) is 0 Å². The summed E-state index contributed by atoms with van der Waals surface area (Å²) in [5.41, 5.74) is -0.635. The molecule has 0 spiro atoms. The molecule has 9 heteroatoms. The van der Waals surface area contributed by atoms with Crippen LogP contribution in [0.1, 0.15) is 5.56 Å². The summed E-state index contributed by atoms with van der Waals surface area (Å²) in [6, 6.07) is 2.57. The van der Waals surface area contributed by atoms with Gasteiger partial charge in [0.05, 0.1) is 17.0 Å². The molecule has 96 valence electrons. The van der Waals surface area contributed by atoms with Crippen LogP contribution in [0.4, 0.5) is 20.3 Å². The minimum Gasteiger partial charge on any atom is -0.390 e. The van der Waals surface area contributed by atoms with Crippen molar-refractivity contribution in [2.45, 2.75) is 5.92 Å². The second kappa shape index (κ2) is 5.33. The SMILES string of the molecule is N#Cc1cnc(NCC(F)(F)CO)c([N+](=O)[O-])c1. The lowest BCUT2D eigenvalue weighted by Crippen LogP contribution is -2.31. The van der Waals surface area contributed by atoms with Crippen molar-refractivity contribution in [3.8, 4) is 6.07 Å². The van der Waals surface area contributed by atoms with Crippen LogP contribution < -0.4 is 5.32 Å². The summed E-state index contributed by atoms with van der Waals surface area (Å²) in [5, 5.41) is 29.6. The molecule has 0 fully saturated rings. The van der Waals surface area contributed by atoms with E-state index in [1.54, 1.807) is 6.07 Å². The topological polar surface area (TPSA) is 112 Å². The Labute approximate surface area is 99.8 Å². The molecular formula is C9H8F2N4O3. The lowest BCUT2D eigenvalue weighted by molar-refractivity contribution is -0.384. The standard InChI is InChI=1S/C9H8F2N4O3/c10-9(11,5-16)4-14-8-7(15(17)18)1-6(2-12)3-13-8/h1,3,16H,4-5H2,(H,13,14). The molecular weight excluding hydrogens is 250 g/mol. The van der Waals surface area contributed by atoms with E-state index in [0.717, 1.165) is 12.3 Å². The van der Waals surface area contributed by atoms with Gasteiger partial charge >= 0.3 is 5.69 Å². The molecule has 2 N–H and O–H groups in total. The Bertz CT molecular complexity index is 501. The van der Waals surface area contributed by atoms with Crippen LogP contribution in [0.5, 0.6) is 0 Å². The highest BCUT2D eigenvalue weighted by Gasteiger charge is 2.29. The first kappa shape index (κ1) is 13.7. The van der Waals surface area contributed by atoms with E-state index in [9.17, 15) is 18.9 Å². The first-order valence-electron chi connectivity index (χ1n) is 4.67. The highest BCUT2D eigenvalue weighted by molar-refractivity contribution is 5.58. The maximum Gasteiger partial charge on any atom is 0.312 e. The van der Waals surface area contributed by atoms with Gasteiger partial charge in [-0.25, -0.2) is 13.8 Å². The quantitative estimate of drug-likeness (QED) is 0.599. The third kappa shape index (κ3) is 3.33. The van der Waals surface area contributed by atoms with Gasteiger partial charge in [-0.05, 0) is 0 Å². The van der Waals surface area contributed by atoms with Gasteiger partial charge in [0.15, 0.2) is 0 Å². The van der Waals surface area contributed by atoms with Crippen molar-refractivity contribution in [2.24, 2.45) is 0 Å². The van der Waals surface area contributed by atoms with Gasteiger partial charge in [-0.2, -0.15) is 5.26 Å². The Hall–Kier alpha value is -2.34. The molecule has 0 amide bonds. The van der Waals surface area contributed by atoms with Crippen molar-refractivity contribution in [3.63, 3.8) is 0 Å². The molecule has 0 saturated heterocycles. The van der Waals surface area contributed by atoms with Gasteiger partial charge in [-0.3, -0.25) is 10.1 Å². The van der Waals surface area contributed by atoms with Crippen molar-refractivity contribution in [1.29, 1.82) is 5.26 Å². The Balaban J connectivity index is 2.96. The highest BCUT2D eigenvalue weighted by atomic mass is 19.3. The van der Waals surface area contributed by atoms with E-state index < -0.39 is 29.7 Å². The van der Waals surface area contributed by atoms with Gasteiger partial charge in [-0.15, -0.1) is 0 Å². The minimum absolute atomic E-state index is 0.0545. The van der Waals surface area contributed by atoms with E-state index in [1.165, 1.54) is 0 Å². The fourth-order valence-corrected chi connectivity index (χ4v) is 1.06. The van der Waals surface area contributed by atoms with E-state index in [2.05, 4.69) is 10.3 Å². The van der Waals surface area contributed by atoms with Gasteiger partial charge < -0.3 is 10.4 Å². The number of rotatable bonds is 5. The van der Waals surface area contributed by atoms with Crippen LogP contribution in [0.2, 0.25) is 0 Å². The molecule has 7 nitrogen and oxygen atoms in total. The second-order valence-electron chi connectivity index (χ2n) is 3.33. The number of nitriles is 1. The minimum atomic E-state index is -3.41. The van der Waals surface area contributed by atoms with E-state index in [-0.39, 0.29) is 11.4 Å². The van der Waals surface area contributed by atoms with Crippen LogP contribution in [-0.2, 0) is 0 Å². The molecule has 0 aromatic carbocycles. The molecule has 1 rings (SSSR count). The van der Waals surface area contributed by atoms with Crippen LogP contribution in [-0.4, -0.2) is 34.1 Å². The number of aliphatic hydroxyl groups excluding tert-OH is 1. The van der Waals surface area contributed by atoms with Gasteiger partial charge in [0.2, 0.25) is 5.82 Å². The predicted molar refractivity (Wildman–Crippen MR) is 56.1 cm³/mol. The zero-order chi connectivity index (χ0) is 13.8. The van der Waals surface area contributed by atoms with Gasteiger partial charge in [-0.1, -0.05) is 0 Å². The van der Waals surface area contributed by atoms with Crippen LogP contribution in [0.15, 0.2) is 12.3 Å². The number of nitrogens with zero attached hydrogens (tertiary/aromatic N) is 3. The summed E-state index contributed by atoms with van der Waals surface area (Å²) < 4.78 is 25.5. The van der Waals surface area contributed by atoms with Crippen molar-refractivity contribution in [2.75, 3.05) is 18.5 Å². The lowest BCUT2D eigenvalue weighted by atomic mass is 10.2. The molecule has 0 aliphatic rings. The molecule has 1 heterocycles. The number of aromatic nitrogens is 1. The van der Waals surface area contributed by atoms with Crippen molar-refractivity contribution >= 4 is 11.5 Å². The van der Waals surface area contributed by atoms with Gasteiger partial charge in [0.1, 0.15) is 12.7 Å². The molecule has 0 saturated carbocycles. The summed E-state index contributed by atoms with van der Waals surface area (Å²) >= 11 is 0. The fraction of sp³-hybridized carbons (Fsp3) is 0.333. The first-order valence-corrected chi connectivity index (χ1v) is 4.67. The molecule has 0 radical (unpaired) electrons. The Kier molecular flexibility index (Phi) is 4.06. The predicted octanol–water partition coefficient (Wildman–Crippen LogP) is 0.901. The maximum atomic E-state index is 12.8. The lowest BCUT2D eigenvalue weighted by Gasteiger charge is -2.14. The molecule has 0 aliphatic carbocycles. The molecule has 0 bridgehead atoms. The summed E-state index contributed by atoms with van der Waals surface area (Å²) in [5.74, 6) is -3.80. The molecule has 0 aliphatic heterocycles. The number of nitrogens with one attached hydrogen (secondary N) is 1. The number of halogens is 2. The zero-order valence-electron chi connectivity index (χ0n) is 8.93. The molecule has 18 heavy (non-hydrogen) atoms. The molecule has 0 atom stereocenters. The first-order chi connectivity index (χ1) is 8.39. The number of hydrogen-bond acceptors (Lipinski definition) is 6. The average Bonchev–Trinajstić information content (AvgIpc) is 2.36. The summed E-state index contributed by atoms with van der Waals surface area (Å²) in [7, 11) is 0. The summed E-state index contributed by atoms with van der Waals surface area (Å²) in [6.45, 7) is -2.38. The molecule has 1 aromatic rings. The van der Waals surface area contributed by atoms with E-state index in [4.69, 9.17) is 10.4 Å². The Morgan fingerprint density at radius 1 is 1.67 bits per heavy atom. The second-order valence-corrected chi connectivity index (χ2v) is 3.33. The van der Waals surface area contributed by atoms with Crippen molar-refractivity contribution < 1.29 is 18.8 Å². The number of hydrogen-bond donors (Lipinski definition) is 2. The number of anilines is 1. The third-order valence-corrected chi connectivity index (χ3v) is 1.94. The van der Waals surface area contributed by atoms with Gasteiger partial charge in [0, 0.05) is 12.3 Å². The molecule has 0 unspecified atom stereocenters. The Morgan fingerprint density at radius 3 is 2.83 bits per heavy atom. The zero-order valence-corrected chi connectivity index (χ0v) is 8.93. The normalized spacial score (nSPS) is 10.8. The summed E-state index contributed by atoms with van der Waals surface area (Å²) in [4.78, 5) is 13.3. The van der Waals surface area contributed by atoms with Crippen LogP contribution in [0, 0.1) is 21.4 Å². The van der Waals surface area contributed by atoms with Crippen molar-refractivity contribution in [3.05, 3.63) is 27.9 Å². The number of aliphatic hydroxyl groups is 1. The van der Waals surface area contributed by atoms with E-state index in [0.29, 0.717) is 0 Å². The number of pyridine rings is 1. The fourth-order valence-electron chi connectivity index (χ4n) is 1.06. The van der Waals surface area contributed by atoms with Crippen LogP contribution >= 0.6 is 0 Å². The Morgan fingerprint density at radius 2 is 2.33 bits per heavy atom. The highest BCUT2D eigenvalue weighted by Crippen LogP contribution is 2.23. The monoisotopic (exact) mass is 258 g/mol. The molecule has 1 aromatic heterocycles. The summed E-state index contributed by atoms with van der Waals surface area (Å²) in [6.07, 6.45) is 1.02. The van der Waals surface area contributed by atoms with Gasteiger partial charge in [0.25, 0.3) is 5.92 Å². The van der Waals surface area contributed by atoms with E-state index >= 15 is 0 Å². The smallest absolute Gasteiger partial charge is 0.312 e. The third-order valence-electron chi connectivity index (χ3n) is 1.94. The number of alkyl halides is 2. The maximum absolute atomic E-state index is 12.8. The van der Waals surface area contributed by atoms with Crippen molar-refractivity contribution in [1.82, 2.24) is 4.98 Å².